The van der Waals surface area contributed by atoms with Gasteiger partial charge in [-0.1, -0.05) is 0 Å². The van der Waals surface area contributed by atoms with E-state index >= 15 is 0 Å². The molecule has 0 aliphatic rings. The van der Waals surface area contributed by atoms with E-state index in [9.17, 15) is 29.9 Å². The number of quaternary nitrogens is 1. The van der Waals surface area contributed by atoms with Gasteiger partial charge in [0.2, 0.25) is 0 Å². The smallest absolute Gasteiger partial charge is 0.332 e. The minimum atomic E-state index is -1.04. The molecule has 0 spiro atoms. The van der Waals surface area contributed by atoms with E-state index in [0.717, 1.165) is 4.57 Å². The third kappa shape index (κ3) is 3.87. The number of nitro groups is 1. The molecule has 0 saturated carbocycles. The second-order valence-corrected chi connectivity index (χ2v) is 6.98. The SMILES string of the molecule is Cn1c(=O)c2c(ncn2CC[NH2+][C@H](CO)[C@@H](O)c2ccc([N+](=O)[O-])cc2)n(C)c1=O. The summed E-state index contributed by atoms with van der Waals surface area (Å²) < 4.78 is 3.94. The first-order valence-electron chi connectivity index (χ1n) is 9.23. The van der Waals surface area contributed by atoms with E-state index in [1.165, 1.54) is 49.3 Å². The Labute approximate surface area is 169 Å². The Balaban J connectivity index is 1.72. The van der Waals surface area contributed by atoms with Crippen molar-refractivity contribution in [2.45, 2.75) is 18.7 Å². The molecule has 0 saturated heterocycles. The standard InChI is InChI=1S/C18H22N6O6/c1-21-16-14(17(27)22(2)18(21)28)23(10-20-16)8-7-19-13(9-25)15(26)11-3-5-12(6-4-11)24(29)30/h3-6,10,13,15,19,25-26H,7-9H2,1-2H3/p+1/t13-,15+/m1/s1. The third-order valence-electron chi connectivity index (χ3n) is 5.12. The van der Waals surface area contributed by atoms with Gasteiger partial charge in [0.25, 0.3) is 11.2 Å². The van der Waals surface area contributed by atoms with Crippen molar-refractivity contribution in [2.75, 3.05) is 13.2 Å². The van der Waals surface area contributed by atoms with Crippen LogP contribution in [0.25, 0.3) is 11.2 Å². The molecule has 3 rings (SSSR count). The molecule has 160 valence electrons. The molecule has 12 nitrogen and oxygen atoms in total. The summed E-state index contributed by atoms with van der Waals surface area (Å²) >= 11 is 0. The average molecular weight is 419 g/mol. The van der Waals surface area contributed by atoms with Crippen LogP contribution >= 0.6 is 0 Å². The number of nitro benzene ring substituents is 1. The molecule has 0 fully saturated rings. The van der Waals surface area contributed by atoms with E-state index in [4.69, 9.17) is 0 Å². The van der Waals surface area contributed by atoms with Gasteiger partial charge in [-0.3, -0.25) is 24.0 Å². The summed E-state index contributed by atoms with van der Waals surface area (Å²) in [5.41, 5.74) is 0.0367. The molecule has 4 N–H and O–H groups in total. The Morgan fingerprint density at radius 3 is 2.47 bits per heavy atom. The van der Waals surface area contributed by atoms with Gasteiger partial charge in [-0.2, -0.15) is 0 Å². The minimum absolute atomic E-state index is 0.0848. The summed E-state index contributed by atoms with van der Waals surface area (Å²) in [6, 6.07) is 4.89. The van der Waals surface area contributed by atoms with Crippen molar-refractivity contribution in [3.05, 3.63) is 67.1 Å². The highest BCUT2D eigenvalue weighted by Gasteiger charge is 2.24. The molecular weight excluding hydrogens is 396 g/mol. The van der Waals surface area contributed by atoms with Crippen molar-refractivity contribution >= 4 is 16.9 Å². The number of rotatable bonds is 8. The van der Waals surface area contributed by atoms with E-state index in [0.29, 0.717) is 24.2 Å². The zero-order chi connectivity index (χ0) is 22.0. The molecule has 2 atom stereocenters. The number of hydrogen-bond donors (Lipinski definition) is 3. The number of hydrogen-bond acceptors (Lipinski definition) is 7. The molecule has 0 aliphatic carbocycles. The fraction of sp³-hybridized carbons (Fsp3) is 0.389. The number of aliphatic hydroxyl groups is 2. The first kappa shape index (κ1) is 21.4. The highest BCUT2D eigenvalue weighted by atomic mass is 16.6. The number of aryl methyl sites for hydroxylation is 1. The maximum Gasteiger partial charge on any atom is 0.332 e. The molecular formula is C18H23N6O6+. The lowest BCUT2D eigenvalue weighted by Crippen LogP contribution is -2.92. The Morgan fingerprint density at radius 2 is 1.87 bits per heavy atom. The highest BCUT2D eigenvalue weighted by molar-refractivity contribution is 5.69. The van der Waals surface area contributed by atoms with Gasteiger partial charge >= 0.3 is 5.69 Å². The van der Waals surface area contributed by atoms with Crippen molar-refractivity contribution in [1.82, 2.24) is 18.7 Å². The lowest BCUT2D eigenvalue weighted by Gasteiger charge is -2.19. The zero-order valence-electron chi connectivity index (χ0n) is 16.5. The maximum absolute atomic E-state index is 12.5. The zero-order valence-corrected chi connectivity index (χ0v) is 16.5. The van der Waals surface area contributed by atoms with E-state index in [1.54, 1.807) is 9.88 Å². The number of non-ortho nitro benzene ring substituents is 1. The van der Waals surface area contributed by atoms with Crippen molar-refractivity contribution in [2.24, 2.45) is 14.1 Å². The first-order chi connectivity index (χ1) is 14.3. The van der Waals surface area contributed by atoms with E-state index in [1.807, 2.05) is 0 Å². The second kappa shape index (κ2) is 8.57. The predicted molar refractivity (Wildman–Crippen MR) is 106 cm³/mol. The monoisotopic (exact) mass is 419 g/mol. The van der Waals surface area contributed by atoms with E-state index in [2.05, 4.69) is 4.98 Å². The van der Waals surface area contributed by atoms with Crippen LogP contribution < -0.4 is 16.6 Å². The van der Waals surface area contributed by atoms with Gasteiger partial charge in [0.1, 0.15) is 12.1 Å². The van der Waals surface area contributed by atoms with E-state index in [-0.39, 0.29) is 17.9 Å². The molecule has 2 heterocycles. The van der Waals surface area contributed by atoms with Crippen LogP contribution in [-0.2, 0) is 20.6 Å². The van der Waals surface area contributed by atoms with Crippen molar-refractivity contribution < 1.29 is 20.5 Å². The van der Waals surface area contributed by atoms with Crippen molar-refractivity contribution in [1.29, 1.82) is 0 Å². The number of aliphatic hydroxyl groups excluding tert-OH is 2. The molecule has 1 aromatic carbocycles. The van der Waals surface area contributed by atoms with E-state index < -0.39 is 28.3 Å². The lowest BCUT2D eigenvalue weighted by molar-refractivity contribution is -0.700. The molecule has 2 aromatic heterocycles. The molecule has 30 heavy (non-hydrogen) atoms. The van der Waals surface area contributed by atoms with Gasteiger partial charge in [0.15, 0.2) is 11.2 Å². The average Bonchev–Trinajstić information content (AvgIpc) is 3.17. The number of nitrogens with two attached hydrogens (primary N) is 1. The van der Waals surface area contributed by atoms with Crippen LogP contribution in [0.2, 0.25) is 0 Å². The summed E-state index contributed by atoms with van der Waals surface area (Å²) in [5, 5.41) is 32.7. The van der Waals surface area contributed by atoms with Crippen molar-refractivity contribution in [3.63, 3.8) is 0 Å². The number of benzene rings is 1. The third-order valence-corrected chi connectivity index (χ3v) is 5.12. The van der Waals surface area contributed by atoms with Gasteiger partial charge in [-0.25, -0.2) is 9.78 Å². The molecule has 0 radical (unpaired) electrons. The Hall–Kier alpha value is -3.35. The fourth-order valence-corrected chi connectivity index (χ4v) is 3.34. The van der Waals surface area contributed by atoms with Crippen LogP contribution in [-0.4, -0.2) is 53.0 Å². The second-order valence-electron chi connectivity index (χ2n) is 6.98. The van der Waals surface area contributed by atoms with Crippen molar-refractivity contribution in [3.8, 4) is 0 Å². The number of aromatic nitrogens is 4. The summed E-state index contributed by atoms with van der Waals surface area (Å²) in [6.45, 7) is 0.444. The minimum Gasteiger partial charge on any atom is -0.390 e. The van der Waals surface area contributed by atoms with Crippen LogP contribution in [0.15, 0.2) is 40.2 Å². The predicted octanol–water partition coefficient (Wildman–Crippen LogP) is -2.00. The maximum atomic E-state index is 12.5. The molecule has 0 amide bonds. The lowest BCUT2D eigenvalue weighted by atomic mass is 10.0. The van der Waals surface area contributed by atoms with Crippen LogP contribution in [0.1, 0.15) is 11.7 Å². The van der Waals surface area contributed by atoms with Gasteiger partial charge in [0.05, 0.1) is 30.9 Å². The normalized spacial score (nSPS) is 13.5. The molecule has 12 heteroatoms. The quantitative estimate of drug-likeness (QED) is 0.281. The Bertz CT molecular complexity index is 1180. The summed E-state index contributed by atoms with van der Waals surface area (Å²) in [5.74, 6) is 0. The molecule has 3 aromatic rings. The Morgan fingerprint density at radius 1 is 1.20 bits per heavy atom. The van der Waals surface area contributed by atoms with Gasteiger partial charge in [-0.05, 0) is 17.7 Å². The fourth-order valence-electron chi connectivity index (χ4n) is 3.34. The summed E-state index contributed by atoms with van der Waals surface area (Å²) in [7, 11) is 2.94. The van der Waals surface area contributed by atoms with Crippen LogP contribution in [0.3, 0.4) is 0 Å². The van der Waals surface area contributed by atoms with Crippen LogP contribution in [0, 0.1) is 10.1 Å². The molecule has 0 aliphatic heterocycles. The number of fused-ring (bicyclic) bond motifs is 1. The Kier molecular flexibility index (Phi) is 6.10. The summed E-state index contributed by atoms with van der Waals surface area (Å²) in [6.07, 6.45) is 0.434. The highest BCUT2D eigenvalue weighted by Crippen LogP contribution is 2.19. The van der Waals surface area contributed by atoms with Crippen LogP contribution in [0.4, 0.5) is 5.69 Å². The first-order valence-corrected chi connectivity index (χ1v) is 9.23. The summed E-state index contributed by atoms with van der Waals surface area (Å²) in [4.78, 5) is 38.8. The number of nitrogens with zero attached hydrogens (tertiary/aromatic N) is 5. The molecule has 0 unspecified atom stereocenters. The number of imidazole rings is 1. The van der Waals surface area contributed by atoms with Gasteiger partial charge < -0.3 is 20.1 Å². The van der Waals surface area contributed by atoms with Gasteiger partial charge in [0, 0.05) is 26.2 Å². The molecule has 0 bridgehead atoms. The topological polar surface area (TPSA) is 162 Å². The van der Waals surface area contributed by atoms with Crippen LogP contribution in [0.5, 0.6) is 0 Å². The van der Waals surface area contributed by atoms with Gasteiger partial charge in [-0.15, -0.1) is 0 Å². The largest absolute Gasteiger partial charge is 0.390 e.